The number of hydrogen-bond donors (Lipinski definition) is 0. The zero-order chi connectivity index (χ0) is 15.2. The Kier molecular flexibility index (Phi) is 6.25. The Morgan fingerprint density at radius 3 is 2.40 bits per heavy atom. The van der Waals surface area contributed by atoms with Crippen LogP contribution in [0.2, 0.25) is 0 Å². The lowest BCUT2D eigenvalue weighted by atomic mass is 10.3. The summed E-state index contributed by atoms with van der Waals surface area (Å²) in [6.45, 7) is 0.881. The number of methoxy groups -OCH3 is 3. The highest BCUT2D eigenvalue weighted by Crippen LogP contribution is 2.30. The van der Waals surface area contributed by atoms with Crippen molar-refractivity contribution in [2.24, 2.45) is 0 Å². The molecule has 0 N–H and O–H groups in total. The van der Waals surface area contributed by atoms with Gasteiger partial charge < -0.3 is 14.2 Å². The number of benzene rings is 1. The first kappa shape index (κ1) is 16.7. The van der Waals surface area contributed by atoms with Crippen molar-refractivity contribution < 1.29 is 22.6 Å². The second-order valence-electron chi connectivity index (χ2n) is 4.19. The monoisotopic (exact) mass is 303 g/mol. The fraction of sp³-hybridized carbons (Fsp3) is 0.538. The maximum absolute atomic E-state index is 12.5. The van der Waals surface area contributed by atoms with Crippen molar-refractivity contribution in [2.75, 3.05) is 41.5 Å². The summed E-state index contributed by atoms with van der Waals surface area (Å²) in [5.74, 6) is 0.763. The molecule has 0 spiro atoms. The van der Waals surface area contributed by atoms with Gasteiger partial charge in [0, 0.05) is 33.4 Å². The van der Waals surface area contributed by atoms with E-state index in [4.69, 9.17) is 14.2 Å². The number of sulfonamides is 1. The molecule has 0 aliphatic carbocycles. The molecular weight excluding hydrogens is 282 g/mol. The van der Waals surface area contributed by atoms with Crippen LogP contribution in [0, 0.1) is 0 Å². The molecule has 0 bridgehead atoms. The molecule has 0 amide bonds. The largest absolute Gasteiger partial charge is 0.497 e. The lowest BCUT2D eigenvalue weighted by Crippen LogP contribution is -2.29. The molecule has 7 heteroatoms. The summed E-state index contributed by atoms with van der Waals surface area (Å²) in [4.78, 5) is 0.0965. The van der Waals surface area contributed by atoms with E-state index >= 15 is 0 Å². The molecule has 1 rings (SSSR count). The average Bonchev–Trinajstić information content (AvgIpc) is 2.46. The molecule has 0 aromatic heterocycles. The van der Waals surface area contributed by atoms with E-state index in [0.29, 0.717) is 31.1 Å². The Balaban J connectivity index is 3.06. The summed E-state index contributed by atoms with van der Waals surface area (Å²) < 4.78 is 41.4. The van der Waals surface area contributed by atoms with Crippen LogP contribution in [0.3, 0.4) is 0 Å². The highest BCUT2D eigenvalue weighted by molar-refractivity contribution is 7.89. The average molecular weight is 303 g/mol. The van der Waals surface area contributed by atoms with Gasteiger partial charge in [-0.3, -0.25) is 0 Å². The van der Waals surface area contributed by atoms with Crippen molar-refractivity contribution in [3.63, 3.8) is 0 Å². The predicted molar refractivity (Wildman–Crippen MR) is 75.9 cm³/mol. The molecule has 0 aliphatic heterocycles. The summed E-state index contributed by atoms with van der Waals surface area (Å²) in [6.07, 6.45) is 0.624. The van der Waals surface area contributed by atoms with E-state index in [1.165, 1.54) is 31.6 Å². The minimum absolute atomic E-state index is 0.0965. The van der Waals surface area contributed by atoms with Crippen LogP contribution < -0.4 is 9.47 Å². The van der Waals surface area contributed by atoms with Crippen molar-refractivity contribution in [1.82, 2.24) is 4.31 Å². The second kappa shape index (κ2) is 7.47. The fourth-order valence-electron chi connectivity index (χ4n) is 1.71. The minimum Gasteiger partial charge on any atom is -0.497 e. The smallest absolute Gasteiger partial charge is 0.246 e. The third-order valence-electron chi connectivity index (χ3n) is 2.88. The molecule has 0 unspecified atom stereocenters. The number of hydrogen-bond acceptors (Lipinski definition) is 5. The molecule has 0 radical (unpaired) electrons. The molecule has 20 heavy (non-hydrogen) atoms. The van der Waals surface area contributed by atoms with Crippen LogP contribution in [0.15, 0.2) is 23.1 Å². The van der Waals surface area contributed by atoms with Crippen molar-refractivity contribution in [2.45, 2.75) is 11.3 Å². The number of ether oxygens (including phenoxy) is 3. The fourth-order valence-corrected chi connectivity index (χ4v) is 3.08. The molecule has 0 saturated carbocycles. The Morgan fingerprint density at radius 2 is 1.85 bits per heavy atom. The first-order chi connectivity index (χ1) is 9.47. The molecular formula is C13H21NO5S. The van der Waals surface area contributed by atoms with E-state index < -0.39 is 10.0 Å². The first-order valence-electron chi connectivity index (χ1n) is 6.14. The van der Waals surface area contributed by atoms with Gasteiger partial charge in [0.1, 0.15) is 16.4 Å². The molecule has 0 heterocycles. The van der Waals surface area contributed by atoms with E-state index in [-0.39, 0.29) is 4.90 Å². The van der Waals surface area contributed by atoms with Crippen LogP contribution in [0.4, 0.5) is 0 Å². The zero-order valence-corrected chi connectivity index (χ0v) is 13.1. The summed E-state index contributed by atoms with van der Waals surface area (Å²) in [5.41, 5.74) is 0. The second-order valence-corrected chi connectivity index (χ2v) is 6.20. The van der Waals surface area contributed by atoms with Crippen LogP contribution in [0.25, 0.3) is 0 Å². The molecule has 0 fully saturated rings. The maximum atomic E-state index is 12.5. The molecule has 6 nitrogen and oxygen atoms in total. The van der Waals surface area contributed by atoms with Crippen LogP contribution in [-0.4, -0.2) is 54.3 Å². The van der Waals surface area contributed by atoms with Gasteiger partial charge in [0.15, 0.2) is 0 Å². The lowest BCUT2D eigenvalue weighted by Gasteiger charge is -2.19. The van der Waals surface area contributed by atoms with Gasteiger partial charge in [-0.05, 0) is 18.6 Å². The van der Waals surface area contributed by atoms with Crippen LogP contribution in [-0.2, 0) is 14.8 Å². The van der Waals surface area contributed by atoms with Gasteiger partial charge in [0.2, 0.25) is 10.0 Å². The summed E-state index contributed by atoms with van der Waals surface area (Å²) in [5, 5.41) is 0. The van der Waals surface area contributed by atoms with Crippen molar-refractivity contribution in [3.05, 3.63) is 18.2 Å². The van der Waals surface area contributed by atoms with Gasteiger partial charge in [-0.2, -0.15) is 0 Å². The molecule has 0 aliphatic rings. The quantitative estimate of drug-likeness (QED) is 0.679. The highest BCUT2D eigenvalue weighted by atomic mass is 32.2. The van der Waals surface area contributed by atoms with Crippen LogP contribution in [0.1, 0.15) is 6.42 Å². The van der Waals surface area contributed by atoms with Gasteiger partial charge in [-0.1, -0.05) is 0 Å². The molecule has 0 saturated heterocycles. The van der Waals surface area contributed by atoms with E-state index in [2.05, 4.69) is 0 Å². The minimum atomic E-state index is -3.62. The normalized spacial score (nSPS) is 11.7. The molecule has 0 atom stereocenters. The standard InChI is InChI=1S/C13H21NO5S/c1-14(8-5-9-17-2)20(15,16)13-10-11(18-3)6-7-12(13)19-4/h6-7,10H,5,8-9H2,1-4H3. The van der Waals surface area contributed by atoms with Gasteiger partial charge >= 0.3 is 0 Å². The van der Waals surface area contributed by atoms with Crippen LogP contribution in [0.5, 0.6) is 11.5 Å². The highest BCUT2D eigenvalue weighted by Gasteiger charge is 2.25. The Morgan fingerprint density at radius 1 is 1.15 bits per heavy atom. The summed E-state index contributed by atoms with van der Waals surface area (Å²) >= 11 is 0. The Hall–Kier alpha value is -1.31. The van der Waals surface area contributed by atoms with E-state index in [9.17, 15) is 8.42 Å². The van der Waals surface area contributed by atoms with Crippen molar-refractivity contribution in [3.8, 4) is 11.5 Å². The van der Waals surface area contributed by atoms with Gasteiger partial charge in [0.25, 0.3) is 0 Å². The maximum Gasteiger partial charge on any atom is 0.246 e. The Bertz CT molecular complexity index is 530. The summed E-state index contributed by atoms with van der Waals surface area (Å²) in [7, 11) is 2.42. The topological polar surface area (TPSA) is 65.1 Å². The van der Waals surface area contributed by atoms with E-state index in [1.54, 1.807) is 19.2 Å². The number of rotatable bonds is 8. The van der Waals surface area contributed by atoms with Crippen molar-refractivity contribution in [1.29, 1.82) is 0 Å². The molecule has 1 aromatic rings. The Labute approximate surface area is 120 Å². The lowest BCUT2D eigenvalue weighted by molar-refractivity contribution is 0.189. The molecule has 114 valence electrons. The zero-order valence-electron chi connectivity index (χ0n) is 12.3. The van der Waals surface area contributed by atoms with Crippen LogP contribution >= 0.6 is 0 Å². The van der Waals surface area contributed by atoms with Gasteiger partial charge in [-0.15, -0.1) is 0 Å². The van der Waals surface area contributed by atoms with Gasteiger partial charge in [0.05, 0.1) is 14.2 Å². The van der Waals surface area contributed by atoms with Crippen molar-refractivity contribution >= 4 is 10.0 Å². The number of nitrogens with zero attached hydrogens (tertiary/aromatic N) is 1. The third-order valence-corrected chi connectivity index (χ3v) is 4.76. The molecule has 1 aromatic carbocycles. The first-order valence-corrected chi connectivity index (χ1v) is 7.58. The predicted octanol–water partition coefficient (Wildman–Crippen LogP) is 1.36. The third kappa shape index (κ3) is 3.84. The van der Waals surface area contributed by atoms with Gasteiger partial charge in [-0.25, -0.2) is 12.7 Å². The van der Waals surface area contributed by atoms with E-state index in [1.807, 2.05) is 0 Å². The SMILES string of the molecule is COCCCN(C)S(=O)(=O)c1cc(OC)ccc1OC. The van der Waals surface area contributed by atoms with E-state index in [0.717, 1.165) is 0 Å². The summed E-state index contributed by atoms with van der Waals surface area (Å²) in [6, 6.07) is 4.69.